The number of rotatable bonds is 6. The summed E-state index contributed by atoms with van der Waals surface area (Å²) in [4.78, 5) is 4.40. The first kappa shape index (κ1) is 12.7. The molecule has 0 saturated heterocycles. The highest BCUT2D eigenvalue weighted by Crippen LogP contribution is 2.21. The smallest absolute Gasteiger partial charge is 0.203 e. The largest absolute Gasteiger partial charge is 0.349 e. The molecule has 0 radical (unpaired) electrons. The monoisotopic (exact) mass is 243 g/mol. The van der Waals surface area contributed by atoms with Crippen LogP contribution >= 0.6 is 0 Å². The molecule has 96 valence electrons. The fourth-order valence-electron chi connectivity index (χ4n) is 2.13. The molecule has 2 rings (SSSR count). The SMILES string of the molecule is CCCn1ccnc1NC(CC)c1ccccc1. The van der Waals surface area contributed by atoms with Crippen molar-refractivity contribution >= 4 is 5.95 Å². The van der Waals surface area contributed by atoms with E-state index < -0.39 is 0 Å². The van der Waals surface area contributed by atoms with E-state index in [0.29, 0.717) is 6.04 Å². The normalized spacial score (nSPS) is 12.3. The van der Waals surface area contributed by atoms with Gasteiger partial charge in [0.25, 0.3) is 0 Å². The minimum atomic E-state index is 0.323. The van der Waals surface area contributed by atoms with E-state index in [9.17, 15) is 0 Å². The Morgan fingerprint density at radius 2 is 2.00 bits per heavy atom. The van der Waals surface area contributed by atoms with Gasteiger partial charge >= 0.3 is 0 Å². The van der Waals surface area contributed by atoms with Crippen molar-refractivity contribution in [3.05, 3.63) is 48.3 Å². The molecule has 1 N–H and O–H groups in total. The molecule has 0 aliphatic rings. The molecule has 0 aliphatic heterocycles. The maximum Gasteiger partial charge on any atom is 0.203 e. The summed E-state index contributed by atoms with van der Waals surface area (Å²) in [6.07, 6.45) is 6.05. The Bertz CT molecular complexity index is 462. The van der Waals surface area contributed by atoms with E-state index in [1.165, 1.54) is 5.56 Å². The number of aryl methyl sites for hydroxylation is 1. The van der Waals surface area contributed by atoms with Gasteiger partial charge in [-0.15, -0.1) is 0 Å². The Labute approximate surface area is 109 Å². The molecular weight excluding hydrogens is 222 g/mol. The quantitative estimate of drug-likeness (QED) is 0.835. The maximum atomic E-state index is 4.40. The molecule has 0 saturated carbocycles. The number of benzene rings is 1. The van der Waals surface area contributed by atoms with Crippen molar-refractivity contribution in [2.45, 2.75) is 39.3 Å². The van der Waals surface area contributed by atoms with Crippen molar-refractivity contribution < 1.29 is 0 Å². The van der Waals surface area contributed by atoms with E-state index in [1.54, 1.807) is 0 Å². The first-order chi connectivity index (χ1) is 8.85. The zero-order valence-corrected chi connectivity index (χ0v) is 11.1. The maximum absolute atomic E-state index is 4.40. The van der Waals surface area contributed by atoms with E-state index in [4.69, 9.17) is 0 Å². The van der Waals surface area contributed by atoms with Crippen molar-refractivity contribution in [1.82, 2.24) is 9.55 Å². The molecule has 0 bridgehead atoms. The molecule has 3 nitrogen and oxygen atoms in total. The van der Waals surface area contributed by atoms with Crippen molar-refractivity contribution in [1.29, 1.82) is 0 Å². The average Bonchev–Trinajstić information content (AvgIpc) is 2.85. The Hall–Kier alpha value is -1.77. The minimum absolute atomic E-state index is 0.323. The van der Waals surface area contributed by atoms with E-state index in [1.807, 2.05) is 18.5 Å². The molecule has 1 heterocycles. The third-order valence-corrected chi connectivity index (χ3v) is 3.09. The topological polar surface area (TPSA) is 29.9 Å². The second-order valence-corrected chi connectivity index (χ2v) is 4.46. The van der Waals surface area contributed by atoms with E-state index in [2.05, 4.69) is 53.0 Å². The lowest BCUT2D eigenvalue weighted by Crippen LogP contribution is -2.13. The first-order valence-electron chi connectivity index (χ1n) is 6.67. The second kappa shape index (κ2) is 6.24. The summed E-state index contributed by atoms with van der Waals surface area (Å²) in [5.74, 6) is 0.965. The molecular formula is C15H21N3. The summed E-state index contributed by atoms with van der Waals surface area (Å²) < 4.78 is 2.17. The van der Waals surface area contributed by atoms with Gasteiger partial charge in [-0.3, -0.25) is 0 Å². The van der Waals surface area contributed by atoms with Crippen LogP contribution in [0.4, 0.5) is 5.95 Å². The summed E-state index contributed by atoms with van der Waals surface area (Å²) in [5.41, 5.74) is 1.31. The highest BCUT2D eigenvalue weighted by Gasteiger charge is 2.11. The summed E-state index contributed by atoms with van der Waals surface area (Å²) in [7, 11) is 0. The lowest BCUT2D eigenvalue weighted by Gasteiger charge is -2.18. The number of nitrogens with one attached hydrogen (secondary N) is 1. The number of hydrogen-bond acceptors (Lipinski definition) is 2. The summed E-state index contributed by atoms with van der Waals surface area (Å²) >= 11 is 0. The number of aromatic nitrogens is 2. The number of anilines is 1. The fourth-order valence-corrected chi connectivity index (χ4v) is 2.13. The third-order valence-electron chi connectivity index (χ3n) is 3.09. The predicted molar refractivity (Wildman–Crippen MR) is 75.6 cm³/mol. The van der Waals surface area contributed by atoms with E-state index in [0.717, 1.165) is 25.3 Å². The molecule has 0 amide bonds. The van der Waals surface area contributed by atoms with Gasteiger partial charge in [-0.05, 0) is 18.4 Å². The van der Waals surface area contributed by atoms with Crippen LogP contribution in [-0.2, 0) is 6.54 Å². The van der Waals surface area contributed by atoms with Crippen molar-refractivity contribution in [3.63, 3.8) is 0 Å². The zero-order valence-electron chi connectivity index (χ0n) is 11.1. The molecule has 1 atom stereocenters. The molecule has 0 aliphatic carbocycles. The van der Waals surface area contributed by atoms with Gasteiger partial charge in [0, 0.05) is 18.9 Å². The highest BCUT2D eigenvalue weighted by atomic mass is 15.2. The fraction of sp³-hybridized carbons (Fsp3) is 0.400. The van der Waals surface area contributed by atoms with Gasteiger partial charge in [0.15, 0.2) is 0 Å². The third kappa shape index (κ3) is 2.92. The Kier molecular flexibility index (Phi) is 4.40. The van der Waals surface area contributed by atoms with Crippen LogP contribution in [0.3, 0.4) is 0 Å². The number of imidazole rings is 1. The van der Waals surface area contributed by atoms with Gasteiger partial charge in [-0.2, -0.15) is 0 Å². The second-order valence-electron chi connectivity index (χ2n) is 4.46. The average molecular weight is 243 g/mol. The van der Waals surface area contributed by atoms with Crippen LogP contribution in [0.1, 0.15) is 38.3 Å². The van der Waals surface area contributed by atoms with Crippen LogP contribution in [0.2, 0.25) is 0 Å². The van der Waals surface area contributed by atoms with Crippen LogP contribution in [0, 0.1) is 0 Å². The van der Waals surface area contributed by atoms with Gasteiger partial charge in [-0.1, -0.05) is 44.2 Å². The van der Waals surface area contributed by atoms with Crippen LogP contribution in [0.5, 0.6) is 0 Å². The van der Waals surface area contributed by atoms with Crippen LogP contribution < -0.4 is 5.32 Å². The Morgan fingerprint density at radius 1 is 1.22 bits per heavy atom. The first-order valence-corrected chi connectivity index (χ1v) is 6.67. The van der Waals surface area contributed by atoms with E-state index >= 15 is 0 Å². The molecule has 1 aromatic heterocycles. The zero-order chi connectivity index (χ0) is 12.8. The minimum Gasteiger partial charge on any atom is -0.349 e. The molecule has 18 heavy (non-hydrogen) atoms. The summed E-state index contributed by atoms with van der Waals surface area (Å²) in [6, 6.07) is 10.9. The van der Waals surface area contributed by atoms with Gasteiger partial charge < -0.3 is 9.88 Å². The molecule has 0 fully saturated rings. The van der Waals surface area contributed by atoms with Gasteiger partial charge in [0.1, 0.15) is 0 Å². The number of nitrogens with zero attached hydrogens (tertiary/aromatic N) is 2. The van der Waals surface area contributed by atoms with Crippen LogP contribution in [-0.4, -0.2) is 9.55 Å². The molecule has 1 aromatic carbocycles. The van der Waals surface area contributed by atoms with Crippen molar-refractivity contribution in [3.8, 4) is 0 Å². The predicted octanol–water partition coefficient (Wildman–Crippen LogP) is 3.86. The van der Waals surface area contributed by atoms with Gasteiger partial charge in [-0.25, -0.2) is 4.98 Å². The van der Waals surface area contributed by atoms with Crippen LogP contribution in [0.15, 0.2) is 42.7 Å². The number of hydrogen-bond donors (Lipinski definition) is 1. The Morgan fingerprint density at radius 3 is 2.67 bits per heavy atom. The lowest BCUT2D eigenvalue weighted by atomic mass is 10.1. The highest BCUT2D eigenvalue weighted by molar-refractivity contribution is 5.33. The summed E-state index contributed by atoms with van der Waals surface area (Å²) in [5, 5.41) is 3.53. The molecule has 2 aromatic rings. The standard InChI is InChI=1S/C15H21N3/c1-3-11-18-12-10-16-15(18)17-14(4-2)13-8-6-5-7-9-13/h5-10,12,14H,3-4,11H2,1-2H3,(H,16,17). The van der Waals surface area contributed by atoms with Gasteiger partial charge in [0.2, 0.25) is 5.95 Å². The van der Waals surface area contributed by atoms with Crippen molar-refractivity contribution in [2.24, 2.45) is 0 Å². The van der Waals surface area contributed by atoms with Gasteiger partial charge in [0.05, 0.1) is 6.04 Å². The molecule has 3 heteroatoms. The summed E-state index contributed by atoms with van der Waals surface area (Å²) in [6.45, 7) is 5.38. The van der Waals surface area contributed by atoms with Crippen LogP contribution in [0.25, 0.3) is 0 Å². The van der Waals surface area contributed by atoms with Crippen molar-refractivity contribution in [2.75, 3.05) is 5.32 Å². The Balaban J connectivity index is 2.13. The lowest BCUT2D eigenvalue weighted by molar-refractivity contribution is 0.661. The van der Waals surface area contributed by atoms with E-state index in [-0.39, 0.29) is 0 Å². The molecule has 1 unspecified atom stereocenters. The molecule has 0 spiro atoms.